The van der Waals surface area contributed by atoms with Crippen LogP contribution in [0, 0.1) is 36.0 Å². The Morgan fingerprint density at radius 1 is 1.07 bits per heavy atom. The molecular formula is C33H29N7O5. The molecule has 4 heterocycles. The second-order valence-electron chi connectivity index (χ2n) is 11.9. The van der Waals surface area contributed by atoms with E-state index in [4.69, 9.17) is 5.26 Å². The van der Waals surface area contributed by atoms with Crippen LogP contribution in [0.15, 0.2) is 48.8 Å². The molecule has 2 saturated heterocycles. The summed E-state index contributed by atoms with van der Waals surface area (Å²) >= 11 is 0. The van der Waals surface area contributed by atoms with Crippen molar-refractivity contribution in [2.45, 2.75) is 45.2 Å². The van der Waals surface area contributed by atoms with Gasteiger partial charge in [0.15, 0.2) is 0 Å². The van der Waals surface area contributed by atoms with E-state index in [1.54, 1.807) is 67.3 Å². The van der Waals surface area contributed by atoms with Gasteiger partial charge in [-0.1, -0.05) is 11.8 Å². The lowest BCUT2D eigenvalue weighted by Gasteiger charge is -2.38. The molecule has 3 aliphatic heterocycles. The molecule has 6 rings (SSSR count). The maximum Gasteiger partial charge on any atom is 0.262 e. The molecule has 12 nitrogen and oxygen atoms in total. The van der Waals surface area contributed by atoms with E-state index in [-0.39, 0.29) is 35.8 Å². The molecule has 3 aliphatic rings. The van der Waals surface area contributed by atoms with Crippen LogP contribution in [0.3, 0.4) is 0 Å². The van der Waals surface area contributed by atoms with Gasteiger partial charge in [0.05, 0.1) is 40.4 Å². The Hall–Kier alpha value is -5.75. The number of imide groups is 2. The summed E-state index contributed by atoms with van der Waals surface area (Å²) in [6.45, 7) is 6.57. The standard InChI is InChI=1S/C33H29N7O5/c1-19-12-23(7-6-22(19)14-34)36-32(45)33(2,3)39-18-20(15-35-39)4-5-21-16-38(17-21)24-8-9-25-26(13-24)31(44)40(30(25)43)27-10-11-28(41)37-29(27)42/h6-9,12-13,15,18,21,27H,10-11,16-17H2,1-3H3,(H,36,45)(H,37,41,42). The average Bonchev–Trinajstić information content (AvgIpc) is 3.56. The minimum absolute atomic E-state index is 0.0647. The van der Waals surface area contributed by atoms with Crippen molar-refractivity contribution in [1.82, 2.24) is 20.0 Å². The number of benzene rings is 2. The maximum atomic E-state index is 13.1. The summed E-state index contributed by atoms with van der Waals surface area (Å²) in [5.74, 6) is 4.05. The molecular weight excluding hydrogens is 574 g/mol. The van der Waals surface area contributed by atoms with Crippen LogP contribution in [0.4, 0.5) is 11.4 Å². The van der Waals surface area contributed by atoms with Crippen molar-refractivity contribution in [3.63, 3.8) is 0 Å². The van der Waals surface area contributed by atoms with Gasteiger partial charge in [-0.25, -0.2) is 0 Å². The second-order valence-corrected chi connectivity index (χ2v) is 11.9. The van der Waals surface area contributed by atoms with Crippen LogP contribution in [-0.4, -0.2) is 63.3 Å². The van der Waals surface area contributed by atoms with Crippen molar-refractivity contribution in [3.05, 3.63) is 76.6 Å². The lowest BCUT2D eigenvalue weighted by atomic mass is 9.98. The topological polar surface area (TPSA) is 157 Å². The predicted molar refractivity (Wildman–Crippen MR) is 162 cm³/mol. The first-order valence-electron chi connectivity index (χ1n) is 14.5. The van der Waals surface area contributed by atoms with Crippen LogP contribution in [0.25, 0.3) is 0 Å². The number of amides is 5. The summed E-state index contributed by atoms with van der Waals surface area (Å²) in [7, 11) is 0. The highest BCUT2D eigenvalue weighted by molar-refractivity contribution is 6.23. The van der Waals surface area contributed by atoms with Crippen LogP contribution < -0.4 is 15.5 Å². The van der Waals surface area contributed by atoms with Crippen LogP contribution in [0.2, 0.25) is 0 Å². The number of anilines is 2. The number of carbonyl (C=O) groups excluding carboxylic acids is 5. The van der Waals surface area contributed by atoms with Gasteiger partial charge in [-0.2, -0.15) is 10.4 Å². The molecule has 1 atom stereocenters. The van der Waals surface area contributed by atoms with E-state index in [2.05, 4.69) is 33.6 Å². The third kappa shape index (κ3) is 5.31. The highest BCUT2D eigenvalue weighted by Gasteiger charge is 2.45. The largest absolute Gasteiger partial charge is 0.369 e. The van der Waals surface area contributed by atoms with Crippen LogP contribution in [0.1, 0.15) is 64.1 Å². The summed E-state index contributed by atoms with van der Waals surface area (Å²) in [5.41, 5.74) is 2.84. The van der Waals surface area contributed by atoms with E-state index < -0.39 is 35.2 Å². The average molecular weight is 604 g/mol. The minimum Gasteiger partial charge on any atom is -0.369 e. The van der Waals surface area contributed by atoms with Crippen LogP contribution in [-0.2, 0) is 19.9 Å². The van der Waals surface area contributed by atoms with Crippen molar-refractivity contribution < 1.29 is 24.0 Å². The first kappa shape index (κ1) is 29.3. The Morgan fingerprint density at radius 2 is 1.82 bits per heavy atom. The zero-order chi connectivity index (χ0) is 32.0. The van der Waals surface area contributed by atoms with Crippen molar-refractivity contribution in [2.24, 2.45) is 5.92 Å². The van der Waals surface area contributed by atoms with Gasteiger partial charge in [0.2, 0.25) is 11.8 Å². The molecule has 2 aromatic carbocycles. The van der Waals surface area contributed by atoms with Crippen LogP contribution in [0.5, 0.6) is 0 Å². The smallest absolute Gasteiger partial charge is 0.262 e. The monoisotopic (exact) mass is 603 g/mol. The molecule has 0 radical (unpaired) electrons. The molecule has 226 valence electrons. The van der Waals surface area contributed by atoms with E-state index in [1.807, 2.05) is 11.8 Å². The molecule has 0 bridgehead atoms. The number of carbonyl (C=O) groups is 5. The molecule has 12 heteroatoms. The number of fused-ring (bicyclic) bond motifs is 1. The van der Waals surface area contributed by atoms with Gasteiger partial charge in [-0.05, 0) is 69.2 Å². The van der Waals surface area contributed by atoms with Crippen LogP contribution >= 0.6 is 0 Å². The zero-order valence-corrected chi connectivity index (χ0v) is 24.9. The number of rotatable bonds is 5. The zero-order valence-electron chi connectivity index (χ0n) is 24.9. The van der Waals surface area contributed by atoms with Gasteiger partial charge in [0, 0.05) is 37.1 Å². The fourth-order valence-corrected chi connectivity index (χ4v) is 5.57. The normalized spacial score (nSPS) is 18.0. The summed E-state index contributed by atoms with van der Waals surface area (Å²) in [6, 6.07) is 11.3. The van der Waals surface area contributed by atoms with Gasteiger partial charge in [-0.15, -0.1) is 0 Å². The molecule has 0 spiro atoms. The quantitative estimate of drug-likeness (QED) is 0.332. The van der Waals surface area contributed by atoms with Crippen molar-refractivity contribution in [2.75, 3.05) is 23.3 Å². The number of piperidine rings is 1. The summed E-state index contributed by atoms with van der Waals surface area (Å²) in [5, 5.41) is 18.6. The summed E-state index contributed by atoms with van der Waals surface area (Å²) in [6.07, 6.45) is 3.52. The Labute approximate surface area is 259 Å². The minimum atomic E-state index is -1.00. The molecule has 5 amide bonds. The number of aryl methyl sites for hydroxylation is 1. The third-order valence-corrected chi connectivity index (χ3v) is 8.41. The highest BCUT2D eigenvalue weighted by atomic mass is 16.2. The molecule has 1 unspecified atom stereocenters. The number of aromatic nitrogens is 2. The van der Waals surface area contributed by atoms with E-state index in [9.17, 15) is 24.0 Å². The van der Waals surface area contributed by atoms with Gasteiger partial charge in [0.25, 0.3) is 17.7 Å². The Morgan fingerprint density at radius 3 is 2.53 bits per heavy atom. The Balaban J connectivity index is 1.07. The van der Waals surface area contributed by atoms with Crippen molar-refractivity contribution >= 4 is 40.9 Å². The first-order chi connectivity index (χ1) is 21.5. The van der Waals surface area contributed by atoms with Crippen molar-refractivity contribution in [1.29, 1.82) is 5.26 Å². The lowest BCUT2D eigenvalue weighted by Crippen LogP contribution is -2.54. The predicted octanol–water partition coefficient (Wildman–Crippen LogP) is 2.33. The molecule has 2 N–H and O–H groups in total. The fourth-order valence-electron chi connectivity index (χ4n) is 5.57. The molecule has 3 aromatic rings. The summed E-state index contributed by atoms with van der Waals surface area (Å²) < 4.78 is 1.57. The third-order valence-electron chi connectivity index (χ3n) is 8.41. The Bertz CT molecular complexity index is 1900. The van der Waals surface area contributed by atoms with Gasteiger partial charge in [-0.3, -0.25) is 38.9 Å². The summed E-state index contributed by atoms with van der Waals surface area (Å²) in [4.78, 5) is 66.0. The molecule has 45 heavy (non-hydrogen) atoms. The number of nitrogens with one attached hydrogen (secondary N) is 2. The first-order valence-corrected chi connectivity index (χ1v) is 14.5. The van der Waals surface area contributed by atoms with E-state index in [1.165, 1.54) is 0 Å². The van der Waals surface area contributed by atoms with E-state index >= 15 is 0 Å². The van der Waals surface area contributed by atoms with Gasteiger partial charge < -0.3 is 10.2 Å². The second kappa shape index (κ2) is 11.1. The van der Waals surface area contributed by atoms with E-state index in [0.717, 1.165) is 16.2 Å². The lowest BCUT2D eigenvalue weighted by molar-refractivity contribution is -0.136. The van der Waals surface area contributed by atoms with E-state index in [0.29, 0.717) is 29.9 Å². The van der Waals surface area contributed by atoms with Gasteiger partial charge >= 0.3 is 0 Å². The maximum absolute atomic E-state index is 13.1. The molecule has 2 fully saturated rings. The molecule has 0 saturated carbocycles. The van der Waals surface area contributed by atoms with Gasteiger partial charge in [0.1, 0.15) is 11.6 Å². The SMILES string of the molecule is Cc1cc(NC(=O)C(C)(C)n2cc(C#CC3CN(c4ccc5c(c4)C(=O)N(C4CCC(=O)NC4=O)C5=O)C3)cn2)ccc1C#N. The van der Waals surface area contributed by atoms with Crippen molar-refractivity contribution in [3.8, 4) is 17.9 Å². The number of nitriles is 1. The number of hydrogen-bond donors (Lipinski definition) is 2. The molecule has 1 aromatic heterocycles. The number of hydrogen-bond acceptors (Lipinski definition) is 8. The Kier molecular flexibility index (Phi) is 7.21. The molecule has 0 aliphatic carbocycles. The highest BCUT2D eigenvalue weighted by Crippen LogP contribution is 2.33. The number of nitrogens with zero attached hydrogens (tertiary/aromatic N) is 5. The fraction of sp³-hybridized carbons (Fsp3) is 0.303.